The molecule has 3 radical (unpaired) electrons. The van der Waals surface area contributed by atoms with Crippen LogP contribution in [0.2, 0.25) is 39.3 Å². The molecular weight excluding hydrogens is 387 g/mol. The summed E-state index contributed by atoms with van der Waals surface area (Å²) in [6.45, 7) is 24.5. The quantitative estimate of drug-likeness (QED) is 0.340. The van der Waals surface area contributed by atoms with Crippen molar-refractivity contribution in [2.24, 2.45) is 5.41 Å². The molecule has 0 saturated heterocycles. The molecule has 0 N–H and O–H groups in total. The number of hydrogen-bond acceptors (Lipinski definition) is 0. The summed E-state index contributed by atoms with van der Waals surface area (Å²) in [6, 6.07) is 0. The van der Waals surface area contributed by atoms with Crippen LogP contribution in [0.3, 0.4) is 0 Å². The summed E-state index contributed by atoms with van der Waals surface area (Å²) < 4.78 is 0. The molecule has 1 aliphatic rings. The Labute approximate surface area is 154 Å². The predicted molar refractivity (Wildman–Crippen MR) is 91.3 cm³/mol. The minimum Gasteiger partial charge on any atom is -0.263 e. The maximum absolute atomic E-state index is 3.44. The minimum absolute atomic E-state index is 0. The molecule has 0 aromatic rings. The van der Waals surface area contributed by atoms with Crippen LogP contribution in [0.25, 0.3) is 0 Å². The Bertz CT molecular complexity index is 288. The Morgan fingerprint density at radius 2 is 1.05 bits per heavy atom. The van der Waals surface area contributed by atoms with Crippen LogP contribution in [0.1, 0.15) is 34.6 Å². The molecular formula is C16H33LaSi2-. The molecule has 0 saturated carbocycles. The van der Waals surface area contributed by atoms with Crippen molar-refractivity contribution in [3.05, 3.63) is 22.8 Å². The molecule has 0 heterocycles. The van der Waals surface area contributed by atoms with Crippen molar-refractivity contribution in [1.82, 2.24) is 0 Å². The van der Waals surface area contributed by atoms with E-state index in [-0.39, 0.29) is 58.6 Å². The van der Waals surface area contributed by atoms with Crippen LogP contribution in [0, 0.1) is 47.1 Å². The van der Waals surface area contributed by atoms with Crippen LogP contribution in [-0.2, 0) is 0 Å². The summed E-state index contributed by atoms with van der Waals surface area (Å²) in [4.78, 5) is 0. The van der Waals surface area contributed by atoms with E-state index in [2.05, 4.69) is 80.0 Å². The average molecular weight is 421 g/mol. The zero-order valence-electron chi connectivity index (χ0n) is 15.1. The van der Waals surface area contributed by atoms with E-state index in [4.69, 9.17) is 0 Å². The van der Waals surface area contributed by atoms with E-state index in [0.29, 0.717) is 0 Å². The van der Waals surface area contributed by atoms with Crippen molar-refractivity contribution in [1.29, 1.82) is 0 Å². The van der Waals surface area contributed by atoms with Gasteiger partial charge in [-0.1, -0.05) is 72.4 Å². The molecule has 0 spiro atoms. The van der Waals surface area contributed by atoms with Crippen molar-refractivity contribution in [3.8, 4) is 0 Å². The third kappa shape index (κ3) is 13.8. The van der Waals surface area contributed by atoms with E-state index < -0.39 is 0 Å². The Kier molecular flexibility index (Phi) is 15.5. The molecule has 0 aliphatic heterocycles. The van der Waals surface area contributed by atoms with Crippen molar-refractivity contribution in [3.63, 3.8) is 0 Å². The zero-order chi connectivity index (χ0) is 15.1. The van der Waals surface area contributed by atoms with Gasteiger partial charge in [-0.05, 0) is 0 Å². The first-order chi connectivity index (χ1) is 7.91. The maximum Gasteiger partial charge on any atom is 0.0379 e. The van der Waals surface area contributed by atoms with Crippen molar-refractivity contribution in [2.75, 3.05) is 0 Å². The second-order valence-electron chi connectivity index (χ2n) is 6.62. The summed E-state index contributed by atoms with van der Waals surface area (Å²) in [5.41, 5.74) is 4.39. The fraction of sp³-hybridized carbons (Fsp3) is 0.750. The van der Waals surface area contributed by atoms with Gasteiger partial charge in [0.2, 0.25) is 0 Å². The standard InChI is InChI=1S/C10H15.2C3H9Si.La/c1-7-6-10(4,5)9(3)8(7)2;2*1-4(2)3;/h1-5H3;2*1-3H3;/q-1;;;. The SMILES string of the molecule is CC1=[C-]C(C)(C)C(C)=C1C.C[Si](C)C.C[Si](C)C.[La]. The van der Waals surface area contributed by atoms with Gasteiger partial charge in [-0.2, -0.15) is 11.1 Å². The average Bonchev–Trinajstić information content (AvgIpc) is 2.27. The smallest absolute Gasteiger partial charge is 0.0379 e. The second kappa shape index (κ2) is 11.7. The van der Waals surface area contributed by atoms with Crippen molar-refractivity contribution in [2.45, 2.75) is 73.9 Å². The molecule has 3 heteroatoms. The second-order valence-corrected chi connectivity index (χ2v) is 12.6. The fourth-order valence-electron chi connectivity index (χ4n) is 1.41. The Balaban J connectivity index is -0.000000242. The van der Waals surface area contributed by atoms with Gasteiger partial charge in [-0.3, -0.25) is 6.08 Å². The van der Waals surface area contributed by atoms with Crippen LogP contribution in [-0.4, -0.2) is 17.6 Å². The molecule has 0 aromatic carbocycles. The van der Waals surface area contributed by atoms with Gasteiger partial charge in [-0.25, -0.2) is 5.57 Å². The van der Waals surface area contributed by atoms with Gasteiger partial charge in [0.15, 0.2) is 0 Å². The van der Waals surface area contributed by atoms with E-state index in [9.17, 15) is 0 Å². The Morgan fingerprint density at radius 1 is 0.789 bits per heavy atom. The number of rotatable bonds is 0. The van der Waals surface area contributed by atoms with Crippen LogP contribution in [0.4, 0.5) is 0 Å². The summed E-state index contributed by atoms with van der Waals surface area (Å²) in [6.07, 6.45) is 3.44. The molecule has 0 unspecified atom stereocenters. The van der Waals surface area contributed by atoms with E-state index in [1.165, 1.54) is 16.7 Å². The minimum atomic E-state index is 0. The first kappa shape index (κ1) is 25.1. The molecule has 1 aliphatic carbocycles. The molecule has 0 bridgehead atoms. The summed E-state index contributed by atoms with van der Waals surface area (Å²) >= 11 is 0. The molecule has 1 rings (SSSR count). The van der Waals surface area contributed by atoms with Gasteiger partial charge in [0.1, 0.15) is 0 Å². The van der Waals surface area contributed by atoms with Crippen LogP contribution in [0.15, 0.2) is 16.7 Å². The fourth-order valence-corrected chi connectivity index (χ4v) is 1.41. The van der Waals surface area contributed by atoms with Gasteiger partial charge >= 0.3 is 0 Å². The normalized spacial score (nSPS) is 16.2. The van der Waals surface area contributed by atoms with E-state index in [0.717, 1.165) is 0 Å². The van der Waals surface area contributed by atoms with Crippen molar-refractivity contribution < 1.29 is 35.6 Å². The number of allylic oxidation sites excluding steroid dienone is 4. The van der Waals surface area contributed by atoms with Gasteiger partial charge < -0.3 is 0 Å². The molecule has 0 amide bonds. The van der Waals surface area contributed by atoms with Gasteiger partial charge in [0, 0.05) is 53.2 Å². The predicted octanol–water partition coefficient (Wildman–Crippen LogP) is 5.85. The Hall–Kier alpha value is 1.11. The first-order valence-electron chi connectivity index (χ1n) is 6.75. The summed E-state index contributed by atoms with van der Waals surface area (Å²) in [5.74, 6) is 0. The first-order valence-corrected chi connectivity index (χ1v) is 12.8. The van der Waals surface area contributed by atoms with Crippen LogP contribution < -0.4 is 0 Å². The Morgan fingerprint density at radius 3 is 1.11 bits per heavy atom. The third-order valence-electron chi connectivity index (χ3n) is 2.56. The molecule has 0 fully saturated rings. The molecule has 109 valence electrons. The molecule has 0 atom stereocenters. The van der Waals surface area contributed by atoms with Crippen LogP contribution >= 0.6 is 0 Å². The maximum atomic E-state index is 3.44. The molecule has 19 heavy (non-hydrogen) atoms. The van der Waals surface area contributed by atoms with E-state index in [1.54, 1.807) is 0 Å². The topological polar surface area (TPSA) is 0 Å². The molecule has 0 aromatic heterocycles. The number of hydrogen-bond donors (Lipinski definition) is 0. The summed E-state index contributed by atoms with van der Waals surface area (Å²) in [5, 5.41) is 0. The third-order valence-corrected chi connectivity index (χ3v) is 2.56. The van der Waals surface area contributed by atoms with Crippen LogP contribution in [0.5, 0.6) is 0 Å². The van der Waals surface area contributed by atoms with E-state index >= 15 is 0 Å². The molecule has 0 nitrogen and oxygen atoms in total. The zero-order valence-corrected chi connectivity index (χ0v) is 20.7. The monoisotopic (exact) mass is 420 g/mol. The van der Waals surface area contributed by atoms with E-state index in [1.807, 2.05) is 0 Å². The van der Waals surface area contributed by atoms with Gasteiger partial charge in [-0.15, -0.1) is 6.92 Å². The van der Waals surface area contributed by atoms with Gasteiger partial charge in [0.05, 0.1) is 0 Å². The van der Waals surface area contributed by atoms with Crippen molar-refractivity contribution >= 4 is 17.6 Å². The summed E-state index contributed by atoms with van der Waals surface area (Å²) in [7, 11) is 0.241. The van der Waals surface area contributed by atoms with Gasteiger partial charge in [0.25, 0.3) is 0 Å². The largest absolute Gasteiger partial charge is 0.263 e.